The maximum Gasteiger partial charge on any atom is 0.0900 e. The number of hydrogen-bond acceptors (Lipinski definition) is 3. The summed E-state index contributed by atoms with van der Waals surface area (Å²) in [5, 5.41) is 9.77. The van der Waals surface area contributed by atoms with Crippen LogP contribution < -0.4 is 0 Å². The van der Waals surface area contributed by atoms with Gasteiger partial charge in [-0.25, -0.2) is 0 Å². The Kier molecular flexibility index (Phi) is 5.58. The topological polar surface area (TPSA) is 32.7 Å². The predicted molar refractivity (Wildman–Crippen MR) is 61.9 cm³/mol. The molecule has 1 N–H and O–H groups in total. The minimum Gasteiger partial charge on any atom is -0.389 e. The fourth-order valence-corrected chi connectivity index (χ4v) is 1.77. The molecule has 0 saturated carbocycles. The van der Waals surface area contributed by atoms with Crippen molar-refractivity contribution in [1.82, 2.24) is 4.90 Å². The van der Waals surface area contributed by atoms with Gasteiger partial charge in [-0.05, 0) is 38.8 Å². The summed E-state index contributed by atoms with van der Waals surface area (Å²) in [6, 6.07) is 0. The summed E-state index contributed by atoms with van der Waals surface area (Å²) in [6.45, 7) is 9.84. The Balaban J connectivity index is 2.09. The zero-order chi connectivity index (χ0) is 11.3. The molecule has 1 aliphatic heterocycles. The molecule has 0 spiro atoms. The number of aliphatic hydroxyl groups excluding tert-OH is 1. The van der Waals surface area contributed by atoms with Gasteiger partial charge in [-0.15, -0.1) is 0 Å². The number of nitrogens with zero attached hydrogens (tertiary/aromatic N) is 1. The lowest BCUT2D eigenvalue weighted by Gasteiger charge is -2.22. The summed E-state index contributed by atoms with van der Waals surface area (Å²) in [6.07, 6.45) is 2.45. The van der Waals surface area contributed by atoms with Gasteiger partial charge in [0.1, 0.15) is 0 Å². The minimum atomic E-state index is -0.329. The predicted octanol–water partition coefficient (Wildman–Crippen LogP) is 1.50. The largest absolute Gasteiger partial charge is 0.389 e. The molecule has 0 aromatic heterocycles. The van der Waals surface area contributed by atoms with Gasteiger partial charge >= 0.3 is 0 Å². The van der Waals surface area contributed by atoms with Crippen LogP contribution in [0.15, 0.2) is 0 Å². The normalized spacial score (nSPS) is 22.2. The van der Waals surface area contributed by atoms with E-state index in [1.54, 1.807) is 0 Å². The maximum absolute atomic E-state index is 9.77. The molecule has 0 amide bonds. The molecule has 1 aliphatic rings. The van der Waals surface area contributed by atoms with Crippen LogP contribution >= 0.6 is 0 Å². The molecule has 1 saturated heterocycles. The second kappa shape index (κ2) is 6.46. The molecule has 1 heterocycles. The molecule has 0 bridgehead atoms. The lowest BCUT2D eigenvalue weighted by Crippen LogP contribution is -2.34. The third kappa shape index (κ3) is 4.96. The Labute approximate surface area is 93.4 Å². The van der Waals surface area contributed by atoms with Crippen molar-refractivity contribution in [2.24, 2.45) is 5.92 Å². The minimum absolute atomic E-state index is 0.234. The number of aliphatic hydroxyl groups is 1. The Hall–Kier alpha value is -0.120. The Morgan fingerprint density at radius 3 is 2.33 bits per heavy atom. The average molecular weight is 215 g/mol. The smallest absolute Gasteiger partial charge is 0.0900 e. The molecule has 1 fully saturated rings. The van der Waals surface area contributed by atoms with Crippen LogP contribution in [0.1, 0.15) is 33.6 Å². The van der Waals surface area contributed by atoms with Crippen LogP contribution in [0.5, 0.6) is 0 Å². The van der Waals surface area contributed by atoms with Gasteiger partial charge in [0.05, 0.1) is 18.8 Å². The first-order valence-corrected chi connectivity index (χ1v) is 6.11. The zero-order valence-corrected chi connectivity index (χ0v) is 10.3. The molecule has 0 radical (unpaired) electrons. The summed E-state index contributed by atoms with van der Waals surface area (Å²) in [5.41, 5.74) is 0. The van der Waals surface area contributed by atoms with Gasteiger partial charge in [0.15, 0.2) is 0 Å². The third-order valence-electron chi connectivity index (χ3n) is 3.16. The van der Waals surface area contributed by atoms with E-state index in [9.17, 15) is 5.11 Å². The van der Waals surface area contributed by atoms with Crippen molar-refractivity contribution in [2.45, 2.75) is 45.8 Å². The van der Waals surface area contributed by atoms with Crippen LogP contribution in [-0.4, -0.2) is 48.5 Å². The second-order valence-corrected chi connectivity index (χ2v) is 4.94. The van der Waals surface area contributed by atoms with Crippen LogP contribution in [0.25, 0.3) is 0 Å². The van der Waals surface area contributed by atoms with Crippen molar-refractivity contribution < 1.29 is 9.84 Å². The summed E-state index contributed by atoms with van der Waals surface area (Å²) in [5.74, 6) is 0.518. The van der Waals surface area contributed by atoms with Crippen LogP contribution in [0.3, 0.4) is 0 Å². The molecule has 0 aromatic carbocycles. The van der Waals surface area contributed by atoms with Gasteiger partial charge in [-0.2, -0.15) is 0 Å². The Morgan fingerprint density at radius 1 is 1.20 bits per heavy atom. The van der Waals surface area contributed by atoms with E-state index in [0.29, 0.717) is 12.5 Å². The van der Waals surface area contributed by atoms with Crippen molar-refractivity contribution in [3.05, 3.63) is 0 Å². The fraction of sp³-hybridized carbons (Fsp3) is 1.00. The Morgan fingerprint density at radius 2 is 1.80 bits per heavy atom. The monoisotopic (exact) mass is 215 g/mol. The van der Waals surface area contributed by atoms with E-state index in [-0.39, 0.29) is 12.2 Å². The van der Waals surface area contributed by atoms with E-state index < -0.39 is 0 Å². The molecule has 2 atom stereocenters. The summed E-state index contributed by atoms with van der Waals surface area (Å²) >= 11 is 0. The van der Waals surface area contributed by atoms with Gasteiger partial charge in [0, 0.05) is 6.54 Å². The van der Waals surface area contributed by atoms with E-state index in [0.717, 1.165) is 19.6 Å². The standard InChI is InChI=1S/C12H25NO2/c1-10(2)11(3)15-9-12(14)8-13-6-4-5-7-13/h10-12,14H,4-9H2,1-3H3. The highest BCUT2D eigenvalue weighted by molar-refractivity contribution is 4.70. The maximum atomic E-state index is 9.77. The van der Waals surface area contributed by atoms with Crippen LogP contribution in [0.4, 0.5) is 0 Å². The van der Waals surface area contributed by atoms with Gasteiger partial charge in [-0.1, -0.05) is 13.8 Å². The lowest BCUT2D eigenvalue weighted by molar-refractivity contribution is -0.0281. The van der Waals surface area contributed by atoms with E-state index >= 15 is 0 Å². The second-order valence-electron chi connectivity index (χ2n) is 4.94. The van der Waals surface area contributed by atoms with Gasteiger partial charge in [-0.3, -0.25) is 0 Å². The van der Waals surface area contributed by atoms with E-state index in [1.807, 2.05) is 0 Å². The highest BCUT2D eigenvalue weighted by Gasteiger charge is 2.17. The molecule has 1 rings (SSSR count). The molecule has 0 aliphatic carbocycles. The summed E-state index contributed by atoms with van der Waals surface area (Å²) in [4.78, 5) is 2.31. The molecular formula is C12H25NO2. The van der Waals surface area contributed by atoms with E-state index in [1.165, 1.54) is 12.8 Å². The lowest BCUT2D eigenvalue weighted by atomic mass is 10.1. The van der Waals surface area contributed by atoms with Crippen molar-refractivity contribution in [3.8, 4) is 0 Å². The fourth-order valence-electron chi connectivity index (χ4n) is 1.77. The van der Waals surface area contributed by atoms with Crippen molar-refractivity contribution in [1.29, 1.82) is 0 Å². The molecule has 2 unspecified atom stereocenters. The van der Waals surface area contributed by atoms with Crippen molar-refractivity contribution in [2.75, 3.05) is 26.2 Å². The van der Waals surface area contributed by atoms with E-state index in [4.69, 9.17) is 4.74 Å². The van der Waals surface area contributed by atoms with Crippen molar-refractivity contribution in [3.63, 3.8) is 0 Å². The molecule has 0 aromatic rings. The summed E-state index contributed by atoms with van der Waals surface area (Å²) < 4.78 is 5.60. The van der Waals surface area contributed by atoms with Crippen molar-refractivity contribution >= 4 is 0 Å². The Bertz CT molecular complexity index is 167. The molecule has 90 valence electrons. The zero-order valence-electron chi connectivity index (χ0n) is 10.3. The van der Waals surface area contributed by atoms with Crippen LogP contribution in [0.2, 0.25) is 0 Å². The van der Waals surface area contributed by atoms with Gasteiger partial charge in [0.2, 0.25) is 0 Å². The average Bonchev–Trinajstić information content (AvgIpc) is 2.66. The number of β-amino-alcohol motifs (C(OH)–C–C–N with tert-alkyl or cyclic N) is 1. The molecular weight excluding hydrogens is 190 g/mol. The first-order chi connectivity index (χ1) is 7.09. The molecule has 3 heteroatoms. The van der Waals surface area contributed by atoms with Crippen LogP contribution in [-0.2, 0) is 4.74 Å². The number of likely N-dealkylation sites (tertiary alicyclic amines) is 1. The van der Waals surface area contributed by atoms with Gasteiger partial charge in [0.25, 0.3) is 0 Å². The number of ether oxygens (including phenoxy) is 1. The highest BCUT2D eigenvalue weighted by Crippen LogP contribution is 2.09. The van der Waals surface area contributed by atoms with E-state index in [2.05, 4.69) is 25.7 Å². The molecule has 3 nitrogen and oxygen atoms in total. The SMILES string of the molecule is CC(C)C(C)OCC(O)CN1CCCC1. The number of rotatable bonds is 6. The highest BCUT2D eigenvalue weighted by atomic mass is 16.5. The first-order valence-electron chi connectivity index (χ1n) is 6.11. The molecule has 15 heavy (non-hydrogen) atoms. The summed E-state index contributed by atoms with van der Waals surface area (Å²) in [7, 11) is 0. The van der Waals surface area contributed by atoms with Gasteiger partial charge < -0.3 is 14.7 Å². The number of hydrogen-bond donors (Lipinski definition) is 1. The van der Waals surface area contributed by atoms with Crippen LogP contribution in [0, 0.1) is 5.92 Å². The third-order valence-corrected chi connectivity index (χ3v) is 3.16. The first kappa shape index (κ1) is 12.9. The quantitative estimate of drug-likeness (QED) is 0.729.